The fraction of sp³-hybridized carbons (Fsp3) is 0.438. The van der Waals surface area contributed by atoms with E-state index >= 15 is 0 Å². The summed E-state index contributed by atoms with van der Waals surface area (Å²) in [7, 11) is 0. The Morgan fingerprint density at radius 1 is 1.14 bits per heavy atom. The SMILES string of the molecule is O=C(CNCC1CC1)N(Cc1cccs1)Cc1cccs1. The molecule has 2 aromatic heterocycles. The highest BCUT2D eigenvalue weighted by Crippen LogP contribution is 2.27. The Morgan fingerprint density at radius 2 is 1.76 bits per heavy atom. The van der Waals surface area contributed by atoms with Crippen molar-refractivity contribution in [2.75, 3.05) is 13.1 Å². The number of hydrogen-bond acceptors (Lipinski definition) is 4. The molecule has 1 saturated carbocycles. The van der Waals surface area contributed by atoms with Crippen molar-refractivity contribution in [3.63, 3.8) is 0 Å². The highest BCUT2D eigenvalue weighted by molar-refractivity contribution is 7.10. The van der Waals surface area contributed by atoms with Crippen LogP contribution < -0.4 is 5.32 Å². The van der Waals surface area contributed by atoms with E-state index in [-0.39, 0.29) is 5.91 Å². The van der Waals surface area contributed by atoms with Gasteiger partial charge in [-0.1, -0.05) is 12.1 Å². The Bertz CT molecular complexity index is 511. The van der Waals surface area contributed by atoms with Crippen molar-refractivity contribution in [1.29, 1.82) is 0 Å². The van der Waals surface area contributed by atoms with Crippen molar-refractivity contribution < 1.29 is 4.79 Å². The molecule has 3 nitrogen and oxygen atoms in total. The second-order valence-corrected chi connectivity index (χ2v) is 7.55. The van der Waals surface area contributed by atoms with Gasteiger partial charge in [-0.3, -0.25) is 4.79 Å². The molecule has 0 bridgehead atoms. The van der Waals surface area contributed by atoms with Crippen LogP contribution in [0.3, 0.4) is 0 Å². The molecule has 2 aromatic rings. The van der Waals surface area contributed by atoms with Crippen molar-refractivity contribution in [2.45, 2.75) is 25.9 Å². The van der Waals surface area contributed by atoms with E-state index in [0.717, 1.165) is 12.5 Å². The van der Waals surface area contributed by atoms with E-state index in [1.54, 1.807) is 22.7 Å². The maximum atomic E-state index is 12.5. The predicted molar refractivity (Wildman–Crippen MR) is 88.5 cm³/mol. The standard InChI is InChI=1S/C16H20N2OS2/c19-16(10-17-9-13-5-6-13)18(11-14-3-1-7-20-14)12-15-4-2-8-21-15/h1-4,7-8,13,17H,5-6,9-12H2. The minimum Gasteiger partial charge on any atom is -0.331 e. The second-order valence-electron chi connectivity index (χ2n) is 5.48. The van der Waals surface area contributed by atoms with Gasteiger partial charge in [0.2, 0.25) is 5.91 Å². The van der Waals surface area contributed by atoms with Crippen LogP contribution >= 0.6 is 22.7 Å². The third-order valence-corrected chi connectivity index (χ3v) is 5.33. The lowest BCUT2D eigenvalue weighted by atomic mass is 10.3. The molecule has 1 N–H and O–H groups in total. The van der Waals surface area contributed by atoms with Crippen LogP contribution in [0.2, 0.25) is 0 Å². The molecule has 1 fully saturated rings. The largest absolute Gasteiger partial charge is 0.331 e. The molecule has 21 heavy (non-hydrogen) atoms. The molecule has 0 radical (unpaired) electrons. The van der Waals surface area contributed by atoms with Gasteiger partial charge >= 0.3 is 0 Å². The maximum absolute atomic E-state index is 12.5. The van der Waals surface area contributed by atoms with E-state index in [1.165, 1.54) is 22.6 Å². The van der Waals surface area contributed by atoms with Crippen LogP contribution in [0.5, 0.6) is 0 Å². The summed E-state index contributed by atoms with van der Waals surface area (Å²) in [6.07, 6.45) is 2.63. The summed E-state index contributed by atoms with van der Waals surface area (Å²) < 4.78 is 0. The Hall–Kier alpha value is -1.17. The quantitative estimate of drug-likeness (QED) is 0.809. The number of thiophene rings is 2. The van der Waals surface area contributed by atoms with Crippen LogP contribution in [0.25, 0.3) is 0 Å². The van der Waals surface area contributed by atoms with Gasteiger partial charge in [-0.2, -0.15) is 0 Å². The fourth-order valence-electron chi connectivity index (χ4n) is 2.23. The van der Waals surface area contributed by atoms with Gasteiger partial charge in [0.15, 0.2) is 0 Å². The number of rotatable bonds is 8. The zero-order valence-corrected chi connectivity index (χ0v) is 13.6. The molecule has 0 aromatic carbocycles. The predicted octanol–water partition coefficient (Wildman–Crippen LogP) is 3.34. The summed E-state index contributed by atoms with van der Waals surface area (Å²) in [6.45, 7) is 2.85. The molecule has 0 saturated heterocycles. The number of carbonyl (C=O) groups excluding carboxylic acids is 1. The monoisotopic (exact) mass is 320 g/mol. The van der Waals surface area contributed by atoms with Crippen LogP contribution in [-0.4, -0.2) is 23.9 Å². The summed E-state index contributed by atoms with van der Waals surface area (Å²) in [5, 5.41) is 7.43. The second kappa shape index (κ2) is 7.20. The minimum atomic E-state index is 0.192. The number of amides is 1. The molecule has 0 unspecified atom stereocenters. The van der Waals surface area contributed by atoms with Gasteiger partial charge in [0.25, 0.3) is 0 Å². The van der Waals surface area contributed by atoms with Gasteiger partial charge in [-0.25, -0.2) is 0 Å². The van der Waals surface area contributed by atoms with Gasteiger partial charge in [0.05, 0.1) is 19.6 Å². The van der Waals surface area contributed by atoms with Gasteiger partial charge < -0.3 is 10.2 Å². The van der Waals surface area contributed by atoms with E-state index < -0.39 is 0 Å². The van der Waals surface area contributed by atoms with Gasteiger partial charge in [0.1, 0.15) is 0 Å². The van der Waals surface area contributed by atoms with Crippen molar-refractivity contribution in [2.24, 2.45) is 5.92 Å². The smallest absolute Gasteiger partial charge is 0.237 e. The van der Waals surface area contributed by atoms with Gasteiger partial charge in [0, 0.05) is 9.75 Å². The summed E-state index contributed by atoms with van der Waals surface area (Å²) >= 11 is 3.42. The molecule has 0 atom stereocenters. The number of carbonyl (C=O) groups is 1. The highest BCUT2D eigenvalue weighted by atomic mass is 32.1. The molecule has 0 aliphatic heterocycles. The van der Waals surface area contributed by atoms with Crippen molar-refractivity contribution >= 4 is 28.6 Å². The average Bonchev–Trinajstić information content (AvgIpc) is 2.94. The fourth-order valence-corrected chi connectivity index (χ4v) is 3.67. The zero-order valence-electron chi connectivity index (χ0n) is 12.0. The molecule has 1 aliphatic rings. The Kier molecular flexibility index (Phi) is 5.06. The molecule has 112 valence electrons. The molecule has 2 heterocycles. The number of nitrogens with zero attached hydrogens (tertiary/aromatic N) is 1. The molecular formula is C16H20N2OS2. The van der Waals surface area contributed by atoms with Crippen LogP contribution in [0.4, 0.5) is 0 Å². The van der Waals surface area contributed by atoms with Gasteiger partial charge in [-0.15, -0.1) is 22.7 Å². The van der Waals surface area contributed by atoms with Crippen LogP contribution in [0, 0.1) is 5.92 Å². The molecule has 0 spiro atoms. The van der Waals surface area contributed by atoms with Crippen molar-refractivity contribution in [1.82, 2.24) is 10.2 Å². The lowest BCUT2D eigenvalue weighted by Gasteiger charge is -2.22. The molecule has 1 amide bonds. The summed E-state index contributed by atoms with van der Waals surface area (Å²) in [5.74, 6) is 0.998. The Labute approximate surface area is 133 Å². The Morgan fingerprint density at radius 3 is 2.24 bits per heavy atom. The minimum absolute atomic E-state index is 0.192. The Balaban J connectivity index is 1.57. The van der Waals surface area contributed by atoms with E-state index in [0.29, 0.717) is 19.6 Å². The normalized spacial score (nSPS) is 14.3. The first-order valence-electron chi connectivity index (χ1n) is 7.34. The summed E-state index contributed by atoms with van der Waals surface area (Å²) in [6, 6.07) is 8.27. The van der Waals surface area contributed by atoms with Gasteiger partial charge in [-0.05, 0) is 48.2 Å². The first kappa shape index (κ1) is 14.8. The maximum Gasteiger partial charge on any atom is 0.237 e. The van der Waals surface area contributed by atoms with Crippen LogP contribution in [0.1, 0.15) is 22.6 Å². The third kappa shape index (κ3) is 4.66. The van der Waals surface area contributed by atoms with Crippen molar-refractivity contribution in [3.05, 3.63) is 44.8 Å². The lowest BCUT2D eigenvalue weighted by Crippen LogP contribution is -2.37. The zero-order chi connectivity index (χ0) is 14.5. The average molecular weight is 320 g/mol. The molecule has 5 heteroatoms. The summed E-state index contributed by atoms with van der Waals surface area (Å²) in [4.78, 5) is 16.9. The lowest BCUT2D eigenvalue weighted by molar-refractivity contribution is -0.131. The highest BCUT2D eigenvalue weighted by Gasteiger charge is 2.21. The van der Waals surface area contributed by atoms with E-state index in [1.807, 2.05) is 17.0 Å². The molecular weight excluding hydrogens is 300 g/mol. The third-order valence-electron chi connectivity index (χ3n) is 3.61. The van der Waals surface area contributed by atoms with E-state index in [2.05, 4.69) is 28.2 Å². The molecule has 3 rings (SSSR count). The number of hydrogen-bond donors (Lipinski definition) is 1. The first-order chi connectivity index (χ1) is 10.3. The van der Waals surface area contributed by atoms with E-state index in [4.69, 9.17) is 0 Å². The topological polar surface area (TPSA) is 32.3 Å². The van der Waals surface area contributed by atoms with Crippen LogP contribution in [0.15, 0.2) is 35.0 Å². The van der Waals surface area contributed by atoms with E-state index in [9.17, 15) is 4.79 Å². The number of nitrogens with one attached hydrogen (secondary N) is 1. The first-order valence-corrected chi connectivity index (χ1v) is 9.10. The van der Waals surface area contributed by atoms with Crippen molar-refractivity contribution in [3.8, 4) is 0 Å². The van der Waals surface area contributed by atoms with Crippen LogP contribution in [-0.2, 0) is 17.9 Å². The summed E-state index contributed by atoms with van der Waals surface area (Å²) in [5.41, 5.74) is 0. The molecule has 1 aliphatic carbocycles.